The zero-order chi connectivity index (χ0) is 18.5. The molecular weight excluding hydrogens is 350 g/mol. The minimum atomic E-state index is -3.40. The summed E-state index contributed by atoms with van der Waals surface area (Å²) in [6, 6.07) is 5.62. The summed E-state index contributed by atoms with van der Waals surface area (Å²) in [6.45, 7) is 4.86. The van der Waals surface area contributed by atoms with Gasteiger partial charge in [-0.15, -0.1) is 11.8 Å². The molecule has 0 aromatic heterocycles. The quantitative estimate of drug-likeness (QED) is 0.703. The first kappa shape index (κ1) is 20.5. The molecule has 134 valence electrons. The molecule has 0 aliphatic rings. The van der Waals surface area contributed by atoms with Crippen LogP contribution in [0.4, 0.5) is 0 Å². The lowest BCUT2D eigenvalue weighted by atomic mass is 10.3. The van der Waals surface area contributed by atoms with Gasteiger partial charge in [-0.3, -0.25) is 4.79 Å². The Labute approximate surface area is 147 Å². The molecular formula is C16H23NO5S2. The normalized spacial score (nSPS) is 14.0. The van der Waals surface area contributed by atoms with Crippen molar-refractivity contribution in [1.82, 2.24) is 4.90 Å². The molecule has 1 rings (SSSR count). The van der Waals surface area contributed by atoms with Crippen LogP contribution in [0.25, 0.3) is 0 Å². The molecule has 24 heavy (non-hydrogen) atoms. The molecule has 1 N–H and O–H groups in total. The summed E-state index contributed by atoms with van der Waals surface area (Å²) in [7, 11) is -1.97. The summed E-state index contributed by atoms with van der Waals surface area (Å²) in [5.74, 6) is -1.41. The van der Waals surface area contributed by atoms with E-state index in [1.54, 1.807) is 32.0 Å². The Kier molecular flexibility index (Phi) is 7.28. The van der Waals surface area contributed by atoms with E-state index >= 15 is 0 Å². The molecule has 0 fully saturated rings. The number of carbonyl (C=O) groups excluding carboxylic acids is 1. The molecule has 1 aromatic rings. The van der Waals surface area contributed by atoms with E-state index in [2.05, 4.69) is 0 Å². The number of sulfone groups is 1. The number of benzene rings is 1. The number of amides is 1. The van der Waals surface area contributed by atoms with Crippen molar-refractivity contribution in [3.63, 3.8) is 0 Å². The van der Waals surface area contributed by atoms with Crippen molar-refractivity contribution >= 4 is 33.5 Å². The maximum Gasteiger partial charge on any atom is 0.326 e. The first-order valence-corrected chi connectivity index (χ1v) is 10.1. The number of hydrogen-bond acceptors (Lipinski definition) is 5. The average molecular weight is 373 g/mol. The minimum absolute atomic E-state index is 0.0445. The van der Waals surface area contributed by atoms with Gasteiger partial charge in [-0.2, -0.15) is 0 Å². The minimum Gasteiger partial charge on any atom is -0.480 e. The summed E-state index contributed by atoms with van der Waals surface area (Å²) in [5.41, 5.74) is 0. The molecule has 1 aromatic carbocycles. The van der Waals surface area contributed by atoms with Crippen LogP contribution in [0.1, 0.15) is 27.2 Å². The molecule has 0 saturated carbocycles. The lowest BCUT2D eigenvalue weighted by Crippen LogP contribution is -2.43. The topological polar surface area (TPSA) is 91.8 Å². The maximum atomic E-state index is 12.4. The standard InChI is InChI=1S/C16H23NO5S2/c1-5-10-24(21,22)14-9-7-6-8-13(14)23-12(3)15(18)17(4)11(2)16(19)20/h6-9,11-12H,5,10H2,1-4H3,(H,19,20). The van der Waals surface area contributed by atoms with Crippen molar-refractivity contribution in [2.24, 2.45) is 0 Å². The predicted octanol–water partition coefficient (Wildman–Crippen LogP) is 2.28. The molecule has 0 bridgehead atoms. The highest BCUT2D eigenvalue weighted by Gasteiger charge is 2.27. The van der Waals surface area contributed by atoms with Crippen LogP contribution in [0.5, 0.6) is 0 Å². The third-order valence-electron chi connectivity index (χ3n) is 3.59. The van der Waals surface area contributed by atoms with Crippen molar-refractivity contribution in [3.05, 3.63) is 24.3 Å². The van der Waals surface area contributed by atoms with E-state index in [1.165, 1.54) is 20.0 Å². The van der Waals surface area contributed by atoms with Gasteiger partial charge < -0.3 is 10.0 Å². The van der Waals surface area contributed by atoms with Gasteiger partial charge in [0.1, 0.15) is 6.04 Å². The fourth-order valence-corrected chi connectivity index (χ4v) is 5.00. The van der Waals surface area contributed by atoms with Crippen LogP contribution in [-0.4, -0.2) is 54.4 Å². The Morgan fingerprint density at radius 3 is 2.38 bits per heavy atom. The first-order chi connectivity index (χ1) is 11.1. The Bertz CT molecular complexity index is 702. The van der Waals surface area contributed by atoms with Crippen LogP contribution < -0.4 is 0 Å². The van der Waals surface area contributed by atoms with E-state index in [0.717, 1.165) is 16.7 Å². The number of likely N-dealkylation sites (N-methyl/N-ethyl adjacent to an activating group) is 1. The lowest BCUT2D eigenvalue weighted by molar-refractivity contribution is -0.147. The van der Waals surface area contributed by atoms with Crippen LogP contribution in [0.2, 0.25) is 0 Å². The smallest absolute Gasteiger partial charge is 0.326 e. The van der Waals surface area contributed by atoms with Gasteiger partial charge in [-0.25, -0.2) is 13.2 Å². The number of thioether (sulfide) groups is 1. The van der Waals surface area contributed by atoms with E-state index in [-0.39, 0.29) is 16.6 Å². The Balaban J connectivity index is 3.02. The zero-order valence-electron chi connectivity index (χ0n) is 14.2. The van der Waals surface area contributed by atoms with Crippen LogP contribution in [0.3, 0.4) is 0 Å². The van der Waals surface area contributed by atoms with Crippen molar-refractivity contribution in [3.8, 4) is 0 Å². The molecule has 1 amide bonds. The third kappa shape index (κ3) is 4.98. The monoisotopic (exact) mass is 373 g/mol. The van der Waals surface area contributed by atoms with Gasteiger partial charge in [0.15, 0.2) is 9.84 Å². The van der Waals surface area contributed by atoms with Gasteiger partial charge in [-0.05, 0) is 32.4 Å². The van der Waals surface area contributed by atoms with E-state index in [4.69, 9.17) is 5.11 Å². The molecule has 0 spiro atoms. The summed E-state index contributed by atoms with van der Waals surface area (Å²) in [5, 5.41) is 8.40. The second-order valence-electron chi connectivity index (χ2n) is 5.49. The fourth-order valence-electron chi connectivity index (χ4n) is 2.07. The number of nitrogens with zero attached hydrogens (tertiary/aromatic N) is 1. The van der Waals surface area contributed by atoms with Gasteiger partial charge in [0.05, 0.1) is 15.9 Å². The predicted molar refractivity (Wildman–Crippen MR) is 94.0 cm³/mol. The van der Waals surface area contributed by atoms with Crippen molar-refractivity contribution in [2.75, 3.05) is 12.8 Å². The fraction of sp³-hybridized carbons (Fsp3) is 0.500. The molecule has 2 atom stereocenters. The molecule has 0 saturated heterocycles. The number of aliphatic carboxylic acids is 1. The maximum absolute atomic E-state index is 12.4. The van der Waals surface area contributed by atoms with Crippen molar-refractivity contribution in [1.29, 1.82) is 0 Å². The largest absolute Gasteiger partial charge is 0.480 e. The van der Waals surface area contributed by atoms with Crippen LogP contribution in [0, 0.1) is 0 Å². The molecule has 6 nitrogen and oxygen atoms in total. The lowest BCUT2D eigenvalue weighted by Gasteiger charge is -2.25. The molecule has 8 heteroatoms. The number of carboxylic acid groups (broad SMARTS) is 1. The highest BCUT2D eigenvalue weighted by Crippen LogP contribution is 2.31. The summed E-state index contributed by atoms with van der Waals surface area (Å²) < 4.78 is 24.7. The van der Waals surface area contributed by atoms with Crippen molar-refractivity contribution in [2.45, 2.75) is 48.3 Å². The highest BCUT2D eigenvalue weighted by atomic mass is 32.2. The van der Waals surface area contributed by atoms with Gasteiger partial charge in [0.2, 0.25) is 5.91 Å². The first-order valence-electron chi connectivity index (χ1n) is 7.59. The average Bonchev–Trinajstić information content (AvgIpc) is 2.52. The highest BCUT2D eigenvalue weighted by molar-refractivity contribution is 8.01. The van der Waals surface area contributed by atoms with Gasteiger partial charge in [0, 0.05) is 11.9 Å². The Morgan fingerprint density at radius 1 is 1.25 bits per heavy atom. The van der Waals surface area contributed by atoms with Crippen molar-refractivity contribution < 1.29 is 23.1 Å². The SMILES string of the molecule is CCCS(=O)(=O)c1ccccc1SC(C)C(=O)N(C)C(C)C(=O)O. The molecule has 0 radical (unpaired) electrons. The molecule has 2 unspecified atom stereocenters. The molecule has 0 aliphatic carbocycles. The number of hydrogen-bond donors (Lipinski definition) is 1. The van der Waals surface area contributed by atoms with E-state index in [1.807, 2.05) is 0 Å². The van der Waals surface area contributed by atoms with E-state index in [0.29, 0.717) is 11.3 Å². The van der Waals surface area contributed by atoms with Crippen LogP contribution >= 0.6 is 11.8 Å². The van der Waals surface area contributed by atoms with E-state index < -0.39 is 27.1 Å². The number of carbonyl (C=O) groups is 2. The Hall–Kier alpha value is -1.54. The van der Waals surface area contributed by atoms with Gasteiger partial charge in [-0.1, -0.05) is 19.1 Å². The zero-order valence-corrected chi connectivity index (χ0v) is 15.9. The second-order valence-corrected chi connectivity index (χ2v) is 8.95. The second kappa shape index (κ2) is 8.53. The third-order valence-corrected chi connectivity index (χ3v) is 6.86. The van der Waals surface area contributed by atoms with Crippen LogP contribution in [-0.2, 0) is 19.4 Å². The van der Waals surface area contributed by atoms with Crippen LogP contribution in [0.15, 0.2) is 34.1 Å². The number of rotatable bonds is 8. The van der Waals surface area contributed by atoms with Gasteiger partial charge in [0.25, 0.3) is 0 Å². The summed E-state index contributed by atoms with van der Waals surface area (Å²) >= 11 is 1.13. The summed E-state index contributed by atoms with van der Waals surface area (Å²) in [6.07, 6.45) is 0.509. The molecule has 0 heterocycles. The number of carboxylic acids is 1. The Morgan fingerprint density at radius 2 is 1.83 bits per heavy atom. The van der Waals surface area contributed by atoms with E-state index in [9.17, 15) is 18.0 Å². The summed E-state index contributed by atoms with van der Waals surface area (Å²) in [4.78, 5) is 25.2. The molecule has 0 aliphatic heterocycles. The van der Waals surface area contributed by atoms with Gasteiger partial charge >= 0.3 is 5.97 Å².